The summed E-state index contributed by atoms with van der Waals surface area (Å²) >= 11 is 2.90. The molecular formula is C3H5BrO2Zn. The summed E-state index contributed by atoms with van der Waals surface area (Å²) in [5, 5.41) is 0.281. The summed E-state index contributed by atoms with van der Waals surface area (Å²) in [7, 11) is 1.35. The van der Waals surface area contributed by atoms with Crippen molar-refractivity contribution in [3.8, 4) is 0 Å². The van der Waals surface area contributed by atoms with Crippen LogP contribution in [0.15, 0.2) is 0 Å². The van der Waals surface area contributed by atoms with Gasteiger partial charge in [0, 0.05) is 19.5 Å². The van der Waals surface area contributed by atoms with E-state index in [0.29, 0.717) is 0 Å². The Morgan fingerprint density at radius 1 is 1.86 bits per heavy atom. The molecule has 0 aromatic rings. The van der Waals surface area contributed by atoms with Crippen LogP contribution in [0.2, 0.25) is 0 Å². The third-order valence-electron chi connectivity index (χ3n) is 0.337. The Balaban J connectivity index is 0. The summed E-state index contributed by atoms with van der Waals surface area (Å²) in [4.78, 5) is 9.91. The van der Waals surface area contributed by atoms with Crippen molar-refractivity contribution in [2.24, 2.45) is 0 Å². The smallest absolute Gasteiger partial charge is 0.316 e. The molecule has 2 nitrogen and oxygen atoms in total. The van der Waals surface area contributed by atoms with E-state index in [1.54, 1.807) is 0 Å². The van der Waals surface area contributed by atoms with E-state index in [9.17, 15) is 4.79 Å². The zero-order valence-electron chi connectivity index (χ0n) is 4.11. The van der Waals surface area contributed by atoms with E-state index in [4.69, 9.17) is 0 Å². The van der Waals surface area contributed by atoms with Gasteiger partial charge in [-0.3, -0.25) is 4.79 Å². The molecule has 0 N–H and O–H groups in total. The number of carbonyl (C=O) groups is 1. The molecule has 4 heteroatoms. The molecule has 0 aromatic heterocycles. The molecule has 0 bridgehead atoms. The minimum atomic E-state index is -0.241. The van der Waals surface area contributed by atoms with Crippen molar-refractivity contribution >= 4 is 21.9 Å². The molecule has 0 radical (unpaired) electrons. The van der Waals surface area contributed by atoms with Gasteiger partial charge in [0.05, 0.1) is 7.11 Å². The van der Waals surface area contributed by atoms with Crippen molar-refractivity contribution < 1.29 is 29.0 Å². The average Bonchev–Trinajstić information content (AvgIpc) is 1.65. The number of halogens is 1. The van der Waals surface area contributed by atoms with Crippen molar-refractivity contribution in [3.05, 3.63) is 0 Å². The fraction of sp³-hybridized carbons (Fsp3) is 0.667. The van der Waals surface area contributed by atoms with Gasteiger partial charge in [0.1, 0.15) is 5.33 Å². The fourth-order valence-corrected chi connectivity index (χ4v) is 0.283. The quantitative estimate of drug-likeness (QED) is 0.365. The van der Waals surface area contributed by atoms with Gasteiger partial charge in [-0.15, -0.1) is 0 Å². The Morgan fingerprint density at radius 2 is 2.29 bits per heavy atom. The molecule has 0 atom stereocenters. The Morgan fingerprint density at radius 3 is 2.29 bits per heavy atom. The molecule has 0 fully saturated rings. The van der Waals surface area contributed by atoms with Gasteiger partial charge in [0.2, 0.25) is 0 Å². The molecule has 0 spiro atoms. The van der Waals surface area contributed by atoms with Crippen LogP contribution in [0.4, 0.5) is 0 Å². The van der Waals surface area contributed by atoms with Crippen LogP contribution in [0.3, 0.4) is 0 Å². The normalized spacial score (nSPS) is 6.57. The number of carbonyl (C=O) groups excluding carboxylic acids is 1. The molecule has 0 aliphatic rings. The maximum absolute atomic E-state index is 9.91. The number of methoxy groups -OCH3 is 1. The minimum Gasteiger partial charge on any atom is -0.468 e. The zero-order valence-corrected chi connectivity index (χ0v) is 8.66. The molecule has 0 rings (SSSR count). The molecule has 0 unspecified atom stereocenters. The molecule has 0 aliphatic heterocycles. The van der Waals surface area contributed by atoms with E-state index in [0.717, 1.165) is 0 Å². The zero-order chi connectivity index (χ0) is 4.99. The first-order valence-electron chi connectivity index (χ1n) is 1.44. The van der Waals surface area contributed by atoms with E-state index in [2.05, 4.69) is 20.7 Å². The van der Waals surface area contributed by atoms with Crippen molar-refractivity contribution in [3.63, 3.8) is 0 Å². The first-order chi connectivity index (χ1) is 2.81. The van der Waals surface area contributed by atoms with Gasteiger partial charge in [0.25, 0.3) is 0 Å². The molecule has 0 amide bonds. The van der Waals surface area contributed by atoms with E-state index in [1.165, 1.54) is 7.11 Å². The summed E-state index contributed by atoms with van der Waals surface area (Å²) in [6.07, 6.45) is 0. The van der Waals surface area contributed by atoms with Crippen LogP contribution >= 0.6 is 15.9 Å². The van der Waals surface area contributed by atoms with E-state index in [-0.39, 0.29) is 30.8 Å². The molecule has 7 heavy (non-hydrogen) atoms. The van der Waals surface area contributed by atoms with Gasteiger partial charge >= 0.3 is 5.97 Å². The molecular weight excluding hydrogens is 213 g/mol. The maximum Gasteiger partial charge on any atom is 0.316 e. The largest absolute Gasteiger partial charge is 0.468 e. The van der Waals surface area contributed by atoms with E-state index >= 15 is 0 Å². The maximum atomic E-state index is 9.91. The van der Waals surface area contributed by atoms with Gasteiger partial charge in [-0.05, 0) is 0 Å². The third-order valence-corrected chi connectivity index (χ3v) is 0.795. The second-order valence-corrected chi connectivity index (χ2v) is 1.27. The van der Waals surface area contributed by atoms with Gasteiger partial charge < -0.3 is 4.74 Å². The second-order valence-electron chi connectivity index (χ2n) is 0.710. The molecule has 0 aromatic carbocycles. The molecule has 38 valence electrons. The molecule has 0 aliphatic carbocycles. The minimum absolute atomic E-state index is 0. The summed E-state index contributed by atoms with van der Waals surface area (Å²) in [6.45, 7) is 0. The standard InChI is InChI=1S/C3H5BrO2.Zn/c1-6-3(5)2-4;/h2H2,1H3;. The van der Waals surface area contributed by atoms with Crippen LogP contribution in [0.5, 0.6) is 0 Å². The number of esters is 1. The number of ether oxygens (including phenoxy) is 1. The van der Waals surface area contributed by atoms with Crippen LogP contribution in [-0.2, 0) is 29.0 Å². The Kier molecular flexibility index (Phi) is 9.89. The third kappa shape index (κ3) is 6.57. The van der Waals surface area contributed by atoms with E-state index < -0.39 is 0 Å². The topological polar surface area (TPSA) is 26.3 Å². The van der Waals surface area contributed by atoms with Crippen LogP contribution in [0.1, 0.15) is 0 Å². The van der Waals surface area contributed by atoms with Crippen molar-refractivity contribution in [1.82, 2.24) is 0 Å². The van der Waals surface area contributed by atoms with Crippen molar-refractivity contribution in [1.29, 1.82) is 0 Å². The summed E-state index contributed by atoms with van der Waals surface area (Å²) in [5.41, 5.74) is 0. The second kappa shape index (κ2) is 6.57. The van der Waals surface area contributed by atoms with Crippen molar-refractivity contribution in [2.75, 3.05) is 12.4 Å². The van der Waals surface area contributed by atoms with Crippen LogP contribution in [-0.4, -0.2) is 18.4 Å². The summed E-state index contributed by atoms with van der Waals surface area (Å²) in [6, 6.07) is 0. The Labute approximate surface area is 63.5 Å². The van der Waals surface area contributed by atoms with Gasteiger partial charge in [-0.25, -0.2) is 0 Å². The first-order valence-corrected chi connectivity index (χ1v) is 2.56. The molecule has 0 heterocycles. The van der Waals surface area contributed by atoms with Gasteiger partial charge in [-0.1, -0.05) is 15.9 Å². The molecule has 0 saturated carbocycles. The predicted octanol–water partition coefficient (Wildman–Crippen LogP) is 0.552. The number of hydrogen-bond donors (Lipinski definition) is 0. The Hall–Kier alpha value is 0.573. The van der Waals surface area contributed by atoms with Gasteiger partial charge in [0.15, 0.2) is 0 Å². The number of rotatable bonds is 1. The van der Waals surface area contributed by atoms with Crippen LogP contribution < -0.4 is 0 Å². The molecule has 0 saturated heterocycles. The van der Waals surface area contributed by atoms with E-state index in [1.807, 2.05) is 0 Å². The SMILES string of the molecule is COC(=O)CBr.[Zn]. The van der Waals surface area contributed by atoms with Crippen molar-refractivity contribution in [2.45, 2.75) is 0 Å². The number of hydrogen-bond acceptors (Lipinski definition) is 2. The summed E-state index contributed by atoms with van der Waals surface area (Å²) in [5.74, 6) is -0.241. The predicted molar refractivity (Wildman–Crippen MR) is 25.8 cm³/mol. The number of alkyl halides is 1. The van der Waals surface area contributed by atoms with Crippen LogP contribution in [0.25, 0.3) is 0 Å². The average molecular weight is 218 g/mol. The van der Waals surface area contributed by atoms with Gasteiger partial charge in [-0.2, -0.15) is 0 Å². The monoisotopic (exact) mass is 216 g/mol. The van der Waals surface area contributed by atoms with Crippen LogP contribution in [0, 0.1) is 0 Å². The first kappa shape index (κ1) is 10.5. The Bertz CT molecular complexity index is 50.9. The fourth-order valence-electron chi connectivity index (χ4n) is 0.0546. The summed E-state index contributed by atoms with van der Waals surface area (Å²) < 4.78 is 4.21.